The second-order valence-electron chi connectivity index (χ2n) is 11.2. The first-order valence-electron chi connectivity index (χ1n) is 13.1. The fraction of sp³-hybridized carbons (Fsp3) is 0.536. The molecule has 2 heterocycles. The summed E-state index contributed by atoms with van der Waals surface area (Å²) in [5.41, 5.74) is -2.63. The molecule has 0 aromatic heterocycles. The third-order valence-corrected chi connectivity index (χ3v) is 7.96. The number of hydrogen-bond donors (Lipinski definition) is 1. The van der Waals surface area contributed by atoms with Crippen molar-refractivity contribution in [3.8, 4) is 5.75 Å². The Balaban J connectivity index is 1.25. The summed E-state index contributed by atoms with van der Waals surface area (Å²) in [5, 5.41) is 2.62. The number of alkyl halides is 8. The van der Waals surface area contributed by atoms with Gasteiger partial charge in [0.2, 0.25) is 5.91 Å². The summed E-state index contributed by atoms with van der Waals surface area (Å²) >= 11 is 0. The summed E-state index contributed by atoms with van der Waals surface area (Å²) in [7, 11) is 0. The van der Waals surface area contributed by atoms with Gasteiger partial charge in [-0.1, -0.05) is 25.0 Å². The van der Waals surface area contributed by atoms with E-state index in [2.05, 4.69) is 15.0 Å². The van der Waals surface area contributed by atoms with Crippen LogP contribution in [-0.4, -0.2) is 30.0 Å². The maximum Gasteiger partial charge on any atom is 0.416 e. The number of likely N-dealkylation sites (tertiary alicyclic amines) is 1. The van der Waals surface area contributed by atoms with E-state index in [9.17, 15) is 39.9 Å². The van der Waals surface area contributed by atoms with Crippen LogP contribution in [0.2, 0.25) is 0 Å². The first-order valence-corrected chi connectivity index (χ1v) is 13.1. The number of carbonyl (C=O) groups is 1. The highest BCUT2D eigenvalue weighted by Crippen LogP contribution is 2.46. The zero-order chi connectivity index (χ0) is 28.9. The lowest BCUT2D eigenvalue weighted by atomic mass is 9.73. The summed E-state index contributed by atoms with van der Waals surface area (Å²) in [6.07, 6.45) is -10.1. The quantitative estimate of drug-likeness (QED) is 0.363. The normalized spacial score (nSPS) is 20.6. The molecule has 1 saturated carbocycles. The Morgan fingerprint density at radius 3 is 2.12 bits per heavy atom. The van der Waals surface area contributed by atoms with E-state index in [1.54, 1.807) is 12.1 Å². The second-order valence-corrected chi connectivity index (χ2v) is 11.2. The fourth-order valence-corrected chi connectivity index (χ4v) is 5.67. The average Bonchev–Trinajstić information content (AvgIpc) is 3.61. The Morgan fingerprint density at radius 1 is 0.925 bits per heavy atom. The van der Waals surface area contributed by atoms with Gasteiger partial charge < -0.3 is 10.1 Å². The van der Waals surface area contributed by atoms with Gasteiger partial charge in [-0.15, -0.1) is 0 Å². The van der Waals surface area contributed by atoms with Crippen molar-refractivity contribution in [1.29, 1.82) is 0 Å². The molecule has 3 aliphatic rings. The van der Waals surface area contributed by atoms with Crippen molar-refractivity contribution in [2.75, 3.05) is 13.1 Å². The van der Waals surface area contributed by atoms with Gasteiger partial charge in [0.1, 0.15) is 5.75 Å². The third-order valence-electron chi connectivity index (χ3n) is 7.96. The van der Waals surface area contributed by atoms with Crippen LogP contribution in [0.3, 0.4) is 0 Å². The number of nitrogens with one attached hydrogen (secondary N) is 1. The molecule has 40 heavy (non-hydrogen) atoms. The van der Waals surface area contributed by atoms with Crippen LogP contribution in [0.15, 0.2) is 36.4 Å². The third kappa shape index (κ3) is 6.53. The Kier molecular flexibility index (Phi) is 7.29. The van der Waals surface area contributed by atoms with Crippen molar-refractivity contribution in [3.63, 3.8) is 0 Å². The molecule has 5 rings (SSSR count). The molecule has 0 spiro atoms. The molecule has 2 aromatic carbocycles. The molecule has 218 valence electrons. The molecule has 2 aromatic rings. The van der Waals surface area contributed by atoms with Crippen molar-refractivity contribution in [2.24, 2.45) is 11.3 Å². The van der Waals surface area contributed by atoms with E-state index in [0.29, 0.717) is 62.5 Å². The second kappa shape index (κ2) is 10.2. The largest absolute Gasteiger partial charge is 0.432 e. The highest BCUT2D eigenvalue weighted by atomic mass is 19.4. The summed E-state index contributed by atoms with van der Waals surface area (Å²) in [6.45, 7) is 1.10. The van der Waals surface area contributed by atoms with Crippen molar-refractivity contribution in [1.82, 2.24) is 10.2 Å². The van der Waals surface area contributed by atoms with Gasteiger partial charge in [-0.2, -0.15) is 35.1 Å². The molecular formula is C28H28F8N2O2. The van der Waals surface area contributed by atoms with E-state index in [1.165, 1.54) is 6.07 Å². The van der Waals surface area contributed by atoms with Crippen molar-refractivity contribution >= 4 is 5.91 Å². The lowest BCUT2D eigenvalue weighted by molar-refractivity contribution is -0.159. The van der Waals surface area contributed by atoms with Gasteiger partial charge in [0, 0.05) is 18.7 Å². The molecule has 0 atom stereocenters. The minimum Gasteiger partial charge on any atom is -0.432 e. The van der Waals surface area contributed by atoms with Crippen LogP contribution in [0, 0.1) is 11.3 Å². The number of halogens is 8. The summed E-state index contributed by atoms with van der Waals surface area (Å²) < 4.78 is 111. The number of nitrogens with zero attached hydrogens (tertiary/aromatic N) is 1. The number of piperidine rings is 1. The van der Waals surface area contributed by atoms with Crippen LogP contribution in [0.4, 0.5) is 35.1 Å². The van der Waals surface area contributed by atoms with Crippen LogP contribution in [-0.2, 0) is 36.7 Å². The number of benzene rings is 2. The van der Waals surface area contributed by atoms with E-state index in [4.69, 9.17) is 0 Å². The van der Waals surface area contributed by atoms with Gasteiger partial charge in [-0.3, -0.25) is 9.69 Å². The van der Waals surface area contributed by atoms with E-state index in [0.717, 1.165) is 18.4 Å². The number of carbonyl (C=O) groups excluding carboxylic acids is 1. The van der Waals surface area contributed by atoms with Crippen molar-refractivity contribution < 1.29 is 44.7 Å². The predicted molar refractivity (Wildman–Crippen MR) is 128 cm³/mol. The predicted octanol–water partition coefficient (Wildman–Crippen LogP) is 6.95. The number of fused-ring (bicyclic) bond motifs is 1. The highest BCUT2D eigenvalue weighted by molar-refractivity contribution is 5.82. The number of hydrogen-bond acceptors (Lipinski definition) is 3. The standard InChI is InChI=1S/C28H28F8N2O2/c29-26(30)14-20-9-18(3-4-23(20)40-26)16-38-7-5-25(6-8-38,13-17-1-2-17)24(39)37-15-19-10-21(27(31,32)33)12-22(11-19)28(34,35)36/h3-4,9-12,17H,1-2,5-8,13-16H2,(H,37,39). The minimum absolute atomic E-state index is 0.0647. The van der Waals surface area contributed by atoms with E-state index in [-0.39, 0.29) is 23.3 Å². The maximum atomic E-state index is 13.5. The lowest BCUT2D eigenvalue weighted by Gasteiger charge is -2.41. The number of ether oxygens (including phenoxy) is 1. The Morgan fingerprint density at radius 2 is 1.55 bits per heavy atom. The molecule has 4 nitrogen and oxygen atoms in total. The van der Waals surface area contributed by atoms with Gasteiger partial charge in [-0.05, 0) is 73.7 Å². The molecule has 2 aliphatic heterocycles. The average molecular weight is 577 g/mol. The molecule has 1 aliphatic carbocycles. The van der Waals surface area contributed by atoms with E-state index < -0.39 is 48.0 Å². The SMILES string of the molecule is O=C(NCc1cc(C(F)(F)F)cc(C(F)(F)F)c1)C1(CC2CC2)CCN(Cc2ccc3c(c2)CC(F)(F)O3)CC1. The van der Waals surface area contributed by atoms with Crippen LogP contribution in [0.25, 0.3) is 0 Å². The highest BCUT2D eigenvalue weighted by Gasteiger charge is 2.45. The fourth-order valence-electron chi connectivity index (χ4n) is 5.67. The summed E-state index contributed by atoms with van der Waals surface area (Å²) in [5.74, 6) is 0.152. The molecule has 0 unspecified atom stereocenters. The van der Waals surface area contributed by atoms with Crippen LogP contribution in [0.5, 0.6) is 5.75 Å². The van der Waals surface area contributed by atoms with Crippen LogP contribution < -0.4 is 10.1 Å². The molecular weight excluding hydrogens is 548 g/mol. The van der Waals surface area contributed by atoms with Crippen LogP contribution in [0.1, 0.15) is 59.9 Å². The summed E-state index contributed by atoms with van der Waals surface area (Å²) in [4.78, 5) is 15.5. The van der Waals surface area contributed by atoms with Crippen LogP contribution >= 0.6 is 0 Å². The van der Waals surface area contributed by atoms with Gasteiger partial charge in [0.05, 0.1) is 23.0 Å². The maximum absolute atomic E-state index is 13.5. The molecule has 1 saturated heterocycles. The van der Waals surface area contributed by atoms with E-state index >= 15 is 0 Å². The first-order chi connectivity index (χ1) is 18.6. The Hall–Kier alpha value is -2.89. The molecule has 1 amide bonds. The Bertz CT molecular complexity index is 1230. The minimum atomic E-state index is -4.97. The molecule has 0 bridgehead atoms. The summed E-state index contributed by atoms with van der Waals surface area (Å²) in [6, 6.07) is 6.27. The van der Waals surface area contributed by atoms with E-state index in [1.807, 2.05) is 0 Å². The first kappa shape index (κ1) is 28.6. The zero-order valence-corrected chi connectivity index (χ0v) is 21.4. The smallest absolute Gasteiger partial charge is 0.416 e. The number of rotatable bonds is 7. The topological polar surface area (TPSA) is 41.6 Å². The Labute approximate surface area is 225 Å². The van der Waals surface area contributed by atoms with Gasteiger partial charge in [-0.25, -0.2) is 0 Å². The number of amides is 1. The molecule has 1 N–H and O–H groups in total. The van der Waals surface area contributed by atoms with Crippen molar-refractivity contribution in [3.05, 3.63) is 64.2 Å². The lowest BCUT2D eigenvalue weighted by Crippen LogP contribution is -2.48. The molecule has 0 radical (unpaired) electrons. The zero-order valence-electron chi connectivity index (χ0n) is 21.4. The van der Waals surface area contributed by atoms with Gasteiger partial charge >= 0.3 is 18.5 Å². The molecule has 12 heteroatoms. The van der Waals surface area contributed by atoms with Gasteiger partial charge in [0.25, 0.3) is 0 Å². The monoisotopic (exact) mass is 576 g/mol. The van der Waals surface area contributed by atoms with Gasteiger partial charge in [0.15, 0.2) is 0 Å². The van der Waals surface area contributed by atoms with Crippen molar-refractivity contribution in [2.45, 2.75) is 70.1 Å². The molecule has 2 fully saturated rings.